The van der Waals surface area contributed by atoms with Crippen LogP contribution in [0.25, 0.3) is 0 Å². The molecule has 0 aliphatic rings. The van der Waals surface area contributed by atoms with E-state index in [1.165, 1.54) is 30.5 Å². The zero-order chi connectivity index (χ0) is 22.4. The van der Waals surface area contributed by atoms with Gasteiger partial charge in [-0.15, -0.1) is 0 Å². The summed E-state index contributed by atoms with van der Waals surface area (Å²) in [6.45, 7) is 0. The molecule has 0 unspecified atom stereocenters. The van der Waals surface area contributed by atoms with E-state index in [4.69, 9.17) is 4.74 Å². The van der Waals surface area contributed by atoms with E-state index in [0.717, 1.165) is 18.2 Å². The lowest BCUT2D eigenvalue weighted by atomic mass is 10.2. The van der Waals surface area contributed by atoms with Crippen LogP contribution >= 0.6 is 0 Å². The highest BCUT2D eigenvalue weighted by molar-refractivity contribution is 5.97. The number of hydrazone groups is 1. The van der Waals surface area contributed by atoms with E-state index in [2.05, 4.69) is 10.5 Å². The molecule has 3 aromatic rings. The van der Waals surface area contributed by atoms with Crippen molar-refractivity contribution in [2.45, 2.75) is 0 Å². The Bertz CT molecular complexity index is 1180. The van der Waals surface area contributed by atoms with Crippen molar-refractivity contribution in [1.29, 1.82) is 0 Å². The van der Waals surface area contributed by atoms with Crippen molar-refractivity contribution < 1.29 is 24.5 Å². The number of nitrogens with one attached hydrogen (secondary N) is 1. The summed E-state index contributed by atoms with van der Waals surface area (Å²) in [5, 5.41) is 35.4. The Labute approximate surface area is 174 Å². The molecule has 0 heterocycles. The first-order chi connectivity index (χ1) is 14.8. The van der Waals surface area contributed by atoms with Crippen LogP contribution in [0.1, 0.15) is 15.9 Å². The van der Waals surface area contributed by atoms with Gasteiger partial charge in [0, 0.05) is 6.07 Å². The highest BCUT2D eigenvalue weighted by Crippen LogP contribution is 2.34. The van der Waals surface area contributed by atoms with E-state index in [-0.39, 0.29) is 22.8 Å². The molecule has 0 radical (unpaired) electrons. The molecule has 156 valence electrons. The highest BCUT2D eigenvalue weighted by Gasteiger charge is 2.21. The zero-order valence-electron chi connectivity index (χ0n) is 15.7. The van der Waals surface area contributed by atoms with E-state index in [9.17, 15) is 30.1 Å². The SMILES string of the molecule is O=C(N/N=C\c1ccc(Oc2ccc([N+](=O)[O-])cc2[N+](=O)[O-])cc1)c1ccccc1O. The number of nitro benzene ring substituents is 2. The number of rotatable bonds is 7. The molecule has 0 saturated carbocycles. The molecule has 0 atom stereocenters. The van der Waals surface area contributed by atoms with Crippen molar-refractivity contribution in [3.8, 4) is 17.2 Å². The van der Waals surface area contributed by atoms with Crippen LogP contribution in [-0.4, -0.2) is 27.1 Å². The van der Waals surface area contributed by atoms with Crippen LogP contribution in [0, 0.1) is 20.2 Å². The van der Waals surface area contributed by atoms with Gasteiger partial charge in [0.25, 0.3) is 11.6 Å². The summed E-state index contributed by atoms with van der Waals surface area (Å²) in [4.78, 5) is 32.4. The number of carbonyl (C=O) groups excluding carboxylic acids is 1. The molecule has 11 nitrogen and oxygen atoms in total. The number of benzene rings is 3. The molecule has 3 rings (SSSR count). The van der Waals surface area contributed by atoms with E-state index in [0.29, 0.717) is 5.56 Å². The number of ether oxygens (including phenoxy) is 1. The van der Waals surface area contributed by atoms with Crippen molar-refractivity contribution in [3.05, 3.63) is 98.1 Å². The van der Waals surface area contributed by atoms with Crippen molar-refractivity contribution >= 4 is 23.5 Å². The maximum absolute atomic E-state index is 12.0. The first-order valence-corrected chi connectivity index (χ1v) is 8.67. The van der Waals surface area contributed by atoms with Crippen molar-refractivity contribution in [2.75, 3.05) is 0 Å². The van der Waals surface area contributed by atoms with Gasteiger partial charge in [-0.05, 0) is 48.0 Å². The van der Waals surface area contributed by atoms with Crippen LogP contribution in [-0.2, 0) is 0 Å². The van der Waals surface area contributed by atoms with Crippen LogP contribution in [0.5, 0.6) is 17.2 Å². The monoisotopic (exact) mass is 422 g/mol. The summed E-state index contributed by atoms with van der Waals surface area (Å²) < 4.78 is 5.47. The van der Waals surface area contributed by atoms with E-state index in [1.54, 1.807) is 24.3 Å². The van der Waals surface area contributed by atoms with Gasteiger partial charge in [0.1, 0.15) is 11.5 Å². The second-order valence-electron chi connectivity index (χ2n) is 6.05. The number of aromatic hydroxyl groups is 1. The molecule has 0 aliphatic heterocycles. The number of nitro groups is 2. The molecule has 1 amide bonds. The normalized spacial score (nSPS) is 10.6. The Morgan fingerprint density at radius 3 is 2.35 bits per heavy atom. The lowest BCUT2D eigenvalue weighted by Gasteiger charge is -2.06. The first kappa shape index (κ1) is 20.9. The summed E-state index contributed by atoms with van der Waals surface area (Å²) in [5.41, 5.74) is 1.99. The number of carbonyl (C=O) groups is 1. The van der Waals surface area contributed by atoms with E-state index in [1.807, 2.05) is 0 Å². The molecule has 0 spiro atoms. The molecule has 2 N–H and O–H groups in total. The lowest BCUT2D eigenvalue weighted by molar-refractivity contribution is -0.394. The molecule has 3 aromatic carbocycles. The van der Waals surface area contributed by atoms with Gasteiger partial charge in [-0.2, -0.15) is 5.10 Å². The fourth-order valence-corrected chi connectivity index (χ4v) is 2.49. The van der Waals surface area contributed by atoms with Gasteiger partial charge in [-0.1, -0.05) is 12.1 Å². The van der Waals surface area contributed by atoms with Crippen molar-refractivity contribution in [1.82, 2.24) is 5.43 Å². The maximum Gasteiger partial charge on any atom is 0.318 e. The third-order valence-corrected chi connectivity index (χ3v) is 3.99. The topological polar surface area (TPSA) is 157 Å². The van der Waals surface area contributed by atoms with Crippen LogP contribution in [0.15, 0.2) is 71.8 Å². The Balaban J connectivity index is 1.67. The van der Waals surface area contributed by atoms with Gasteiger partial charge in [-0.3, -0.25) is 25.0 Å². The number of non-ortho nitro benzene ring substituents is 1. The molecule has 0 fully saturated rings. The Kier molecular flexibility index (Phi) is 6.16. The van der Waals surface area contributed by atoms with Gasteiger partial charge in [0.2, 0.25) is 5.75 Å². The summed E-state index contributed by atoms with van der Waals surface area (Å²) in [7, 11) is 0. The third-order valence-electron chi connectivity index (χ3n) is 3.99. The number of hydrogen-bond donors (Lipinski definition) is 2. The molecule has 0 aromatic heterocycles. The van der Waals surface area contributed by atoms with Gasteiger partial charge in [-0.25, -0.2) is 5.43 Å². The third kappa shape index (κ3) is 5.17. The second kappa shape index (κ2) is 9.13. The molecular formula is C20H14N4O7. The minimum absolute atomic E-state index is 0.0769. The maximum atomic E-state index is 12.0. The van der Waals surface area contributed by atoms with Crippen LogP contribution < -0.4 is 10.2 Å². The van der Waals surface area contributed by atoms with Gasteiger partial charge in [0.15, 0.2) is 0 Å². The van der Waals surface area contributed by atoms with Crippen LogP contribution in [0.2, 0.25) is 0 Å². The summed E-state index contributed by atoms with van der Waals surface area (Å²) in [6.07, 6.45) is 1.36. The highest BCUT2D eigenvalue weighted by atomic mass is 16.6. The summed E-state index contributed by atoms with van der Waals surface area (Å²) in [6, 6.07) is 15.3. The minimum atomic E-state index is -0.767. The molecule has 0 bridgehead atoms. The number of hydrogen-bond acceptors (Lipinski definition) is 8. The number of amides is 1. The standard InChI is InChI=1S/C20H14N4O7/c25-18-4-2-1-3-16(18)20(26)22-21-12-13-5-8-15(9-6-13)31-19-10-7-14(23(27)28)11-17(19)24(29)30/h1-12,25H,(H,22,26)/b21-12-. The van der Waals surface area contributed by atoms with Crippen molar-refractivity contribution in [3.63, 3.8) is 0 Å². The van der Waals surface area contributed by atoms with Crippen molar-refractivity contribution in [2.24, 2.45) is 5.10 Å². The van der Waals surface area contributed by atoms with Crippen LogP contribution in [0.4, 0.5) is 11.4 Å². The second-order valence-corrected chi connectivity index (χ2v) is 6.05. The van der Waals surface area contributed by atoms with Gasteiger partial charge in [0.05, 0.1) is 27.7 Å². The molecule has 11 heteroatoms. The summed E-state index contributed by atoms with van der Waals surface area (Å²) >= 11 is 0. The summed E-state index contributed by atoms with van der Waals surface area (Å²) in [5.74, 6) is -0.642. The predicted octanol–water partition coefficient (Wildman–Crippen LogP) is 3.76. The Morgan fingerprint density at radius 2 is 1.71 bits per heavy atom. The Hall–Kier alpha value is -4.80. The largest absolute Gasteiger partial charge is 0.507 e. The van der Waals surface area contributed by atoms with Gasteiger partial charge >= 0.3 is 5.69 Å². The number of para-hydroxylation sites is 1. The van der Waals surface area contributed by atoms with Gasteiger partial charge < -0.3 is 9.84 Å². The molecular weight excluding hydrogens is 408 g/mol. The average molecular weight is 422 g/mol. The zero-order valence-corrected chi connectivity index (χ0v) is 15.7. The van der Waals surface area contributed by atoms with E-state index < -0.39 is 27.1 Å². The fraction of sp³-hybridized carbons (Fsp3) is 0. The first-order valence-electron chi connectivity index (χ1n) is 8.67. The number of nitrogens with zero attached hydrogens (tertiary/aromatic N) is 3. The van der Waals surface area contributed by atoms with Crippen LogP contribution in [0.3, 0.4) is 0 Å². The predicted molar refractivity (Wildman–Crippen MR) is 109 cm³/mol. The Morgan fingerprint density at radius 1 is 1.00 bits per heavy atom. The number of phenolic OH excluding ortho intramolecular Hbond substituents is 1. The van der Waals surface area contributed by atoms with E-state index >= 15 is 0 Å². The lowest BCUT2D eigenvalue weighted by Crippen LogP contribution is -2.17. The fourth-order valence-electron chi connectivity index (χ4n) is 2.49. The molecule has 31 heavy (non-hydrogen) atoms. The minimum Gasteiger partial charge on any atom is -0.507 e. The average Bonchev–Trinajstić information content (AvgIpc) is 2.75. The quantitative estimate of drug-likeness (QED) is 0.333. The smallest absolute Gasteiger partial charge is 0.318 e. The molecule has 0 aliphatic carbocycles. The molecule has 0 saturated heterocycles. The number of phenols is 1.